The fourth-order valence-electron chi connectivity index (χ4n) is 1.02. The van der Waals surface area contributed by atoms with Crippen molar-refractivity contribution in [1.29, 1.82) is 0 Å². The van der Waals surface area contributed by atoms with Crippen molar-refractivity contribution in [3.8, 4) is 0 Å². The molecule has 0 saturated carbocycles. The minimum Gasteiger partial charge on any atom is -0.390 e. The summed E-state index contributed by atoms with van der Waals surface area (Å²) in [5, 5.41) is 9.43. The van der Waals surface area contributed by atoms with Gasteiger partial charge in [-0.25, -0.2) is 4.98 Å². The van der Waals surface area contributed by atoms with Crippen LogP contribution < -0.4 is 0 Å². The first-order valence-electron chi connectivity index (χ1n) is 4.43. The Morgan fingerprint density at radius 3 is 2.50 bits per heavy atom. The van der Waals surface area contributed by atoms with E-state index >= 15 is 0 Å². The third kappa shape index (κ3) is 3.22. The summed E-state index contributed by atoms with van der Waals surface area (Å²) < 4.78 is 0. The van der Waals surface area contributed by atoms with Gasteiger partial charge in [-0.05, 0) is 20.8 Å². The average Bonchev–Trinajstić information content (AvgIpc) is 2.02. The molecule has 0 aliphatic carbocycles. The van der Waals surface area contributed by atoms with Crippen LogP contribution in [0.25, 0.3) is 0 Å². The molecule has 0 saturated heterocycles. The van der Waals surface area contributed by atoms with Gasteiger partial charge in [0.15, 0.2) is 5.78 Å². The van der Waals surface area contributed by atoms with Crippen molar-refractivity contribution < 1.29 is 9.90 Å². The normalized spacial score (nSPS) is 11.4. The number of rotatable bonds is 3. The van der Waals surface area contributed by atoms with Crippen LogP contribution in [0.4, 0.5) is 0 Å². The molecule has 76 valence electrons. The number of carbonyl (C=O) groups excluding carboxylic acids is 1. The van der Waals surface area contributed by atoms with Gasteiger partial charge in [0.05, 0.1) is 17.5 Å². The molecule has 1 aromatic rings. The monoisotopic (exact) mass is 194 g/mol. The van der Waals surface area contributed by atoms with Crippen molar-refractivity contribution in [2.75, 3.05) is 0 Å². The van der Waals surface area contributed by atoms with Crippen LogP contribution in [0.3, 0.4) is 0 Å². The van der Waals surface area contributed by atoms with Crippen molar-refractivity contribution in [1.82, 2.24) is 9.97 Å². The topological polar surface area (TPSA) is 63.1 Å². The lowest BCUT2D eigenvalue weighted by Crippen LogP contribution is -2.23. The maximum absolute atomic E-state index is 11.5. The number of ketones is 1. The highest BCUT2D eigenvalue weighted by atomic mass is 16.3. The molecule has 4 heteroatoms. The highest BCUT2D eigenvalue weighted by molar-refractivity contribution is 5.94. The zero-order chi connectivity index (χ0) is 10.8. The summed E-state index contributed by atoms with van der Waals surface area (Å²) in [6.45, 7) is 4.98. The summed E-state index contributed by atoms with van der Waals surface area (Å²) in [4.78, 5) is 19.4. The molecule has 0 aliphatic rings. The molecule has 0 atom stereocenters. The molecular formula is C10H14N2O2. The fraction of sp³-hybridized carbons (Fsp3) is 0.500. The van der Waals surface area contributed by atoms with Crippen molar-refractivity contribution >= 4 is 5.78 Å². The molecule has 1 aromatic heterocycles. The predicted molar refractivity (Wildman–Crippen MR) is 52.0 cm³/mol. The number of nitrogens with zero attached hydrogens (tertiary/aromatic N) is 2. The Hall–Kier alpha value is -1.29. The summed E-state index contributed by atoms with van der Waals surface area (Å²) >= 11 is 0. The van der Waals surface area contributed by atoms with Gasteiger partial charge in [0, 0.05) is 12.6 Å². The second-order valence-electron chi connectivity index (χ2n) is 3.96. The van der Waals surface area contributed by atoms with Crippen LogP contribution in [0, 0.1) is 6.92 Å². The summed E-state index contributed by atoms with van der Waals surface area (Å²) in [5.41, 5.74) is 0.0754. The van der Waals surface area contributed by atoms with Crippen molar-refractivity contribution in [2.45, 2.75) is 32.8 Å². The molecular weight excluding hydrogens is 180 g/mol. The first kappa shape index (κ1) is 10.8. The quantitative estimate of drug-likeness (QED) is 0.732. The zero-order valence-electron chi connectivity index (χ0n) is 8.61. The Morgan fingerprint density at radius 2 is 2.07 bits per heavy atom. The van der Waals surface area contributed by atoms with Gasteiger partial charge in [-0.15, -0.1) is 0 Å². The van der Waals surface area contributed by atoms with Crippen LogP contribution in [-0.2, 0) is 0 Å². The number of aliphatic hydroxyl groups is 1. The molecule has 0 aliphatic heterocycles. The van der Waals surface area contributed by atoms with Crippen LogP contribution >= 0.6 is 0 Å². The van der Waals surface area contributed by atoms with E-state index in [9.17, 15) is 9.90 Å². The smallest absolute Gasteiger partial charge is 0.185 e. The minimum absolute atomic E-state index is 0.0603. The lowest BCUT2D eigenvalue weighted by molar-refractivity contribution is 0.0584. The van der Waals surface area contributed by atoms with Crippen molar-refractivity contribution in [3.05, 3.63) is 23.8 Å². The SMILES string of the molecule is Cc1cnc(C(=O)CC(C)(C)O)cn1. The summed E-state index contributed by atoms with van der Waals surface area (Å²) in [6.07, 6.45) is 3.03. The van der Waals surface area contributed by atoms with E-state index < -0.39 is 5.60 Å². The van der Waals surface area contributed by atoms with E-state index in [1.54, 1.807) is 20.8 Å². The standard InChI is InChI=1S/C10H14N2O2/c1-7-5-12-8(6-11-7)9(13)4-10(2,3)14/h5-6,14H,4H2,1-3H3. The fourth-order valence-corrected chi connectivity index (χ4v) is 1.02. The number of aryl methyl sites for hydroxylation is 1. The van der Waals surface area contributed by atoms with E-state index in [-0.39, 0.29) is 12.2 Å². The first-order valence-corrected chi connectivity index (χ1v) is 4.43. The number of hydrogen-bond donors (Lipinski definition) is 1. The largest absolute Gasteiger partial charge is 0.390 e. The second kappa shape index (κ2) is 3.84. The molecule has 0 unspecified atom stereocenters. The van der Waals surface area contributed by atoms with Gasteiger partial charge in [0.25, 0.3) is 0 Å². The third-order valence-corrected chi connectivity index (χ3v) is 1.66. The average molecular weight is 194 g/mol. The highest BCUT2D eigenvalue weighted by Crippen LogP contribution is 2.11. The van der Waals surface area contributed by atoms with Crippen LogP contribution in [0.1, 0.15) is 36.5 Å². The Bertz CT molecular complexity index is 325. The number of aromatic nitrogens is 2. The van der Waals surface area contributed by atoms with E-state index in [0.29, 0.717) is 5.69 Å². The Kier molecular flexibility index (Phi) is 2.96. The molecule has 0 spiro atoms. The van der Waals surface area contributed by atoms with Gasteiger partial charge in [0.2, 0.25) is 0 Å². The molecule has 1 heterocycles. The lowest BCUT2D eigenvalue weighted by atomic mass is 10.0. The van der Waals surface area contributed by atoms with Gasteiger partial charge < -0.3 is 5.11 Å². The molecule has 0 radical (unpaired) electrons. The lowest BCUT2D eigenvalue weighted by Gasteiger charge is -2.14. The predicted octanol–water partition coefficient (Wildman–Crippen LogP) is 1.13. The van der Waals surface area contributed by atoms with Crippen molar-refractivity contribution in [3.63, 3.8) is 0 Å². The van der Waals surface area contributed by atoms with E-state index in [4.69, 9.17) is 0 Å². The number of carbonyl (C=O) groups is 1. The Labute approximate surface area is 83.0 Å². The first-order chi connectivity index (χ1) is 6.38. The van der Waals surface area contributed by atoms with Crippen molar-refractivity contribution in [2.24, 2.45) is 0 Å². The molecule has 0 bridgehead atoms. The zero-order valence-corrected chi connectivity index (χ0v) is 8.61. The summed E-state index contributed by atoms with van der Waals surface area (Å²) in [5.74, 6) is -0.190. The number of Topliss-reactive ketones (excluding diaryl/α,β-unsaturated/α-hetero) is 1. The van der Waals surface area contributed by atoms with Crippen LogP contribution in [0.15, 0.2) is 12.4 Å². The van der Waals surface area contributed by atoms with E-state index in [0.717, 1.165) is 5.69 Å². The molecule has 1 rings (SSSR count). The molecule has 0 aromatic carbocycles. The highest BCUT2D eigenvalue weighted by Gasteiger charge is 2.19. The molecule has 0 amide bonds. The van der Waals surface area contributed by atoms with E-state index in [2.05, 4.69) is 9.97 Å². The van der Waals surface area contributed by atoms with Gasteiger partial charge in [0.1, 0.15) is 5.69 Å². The Balaban J connectivity index is 2.76. The van der Waals surface area contributed by atoms with Gasteiger partial charge in [-0.2, -0.15) is 0 Å². The van der Waals surface area contributed by atoms with Gasteiger partial charge in [-0.1, -0.05) is 0 Å². The van der Waals surface area contributed by atoms with Gasteiger partial charge in [-0.3, -0.25) is 9.78 Å². The molecule has 4 nitrogen and oxygen atoms in total. The summed E-state index contributed by atoms with van der Waals surface area (Å²) in [6, 6.07) is 0. The maximum atomic E-state index is 11.5. The molecule has 1 N–H and O–H groups in total. The van der Waals surface area contributed by atoms with Crippen LogP contribution in [0.2, 0.25) is 0 Å². The third-order valence-electron chi connectivity index (χ3n) is 1.66. The maximum Gasteiger partial charge on any atom is 0.185 e. The number of hydrogen-bond acceptors (Lipinski definition) is 4. The van der Waals surface area contributed by atoms with E-state index in [1.807, 2.05) is 0 Å². The minimum atomic E-state index is -0.996. The summed E-state index contributed by atoms with van der Waals surface area (Å²) in [7, 11) is 0. The second-order valence-corrected chi connectivity index (χ2v) is 3.96. The van der Waals surface area contributed by atoms with Gasteiger partial charge >= 0.3 is 0 Å². The van der Waals surface area contributed by atoms with Crippen LogP contribution in [0.5, 0.6) is 0 Å². The molecule has 14 heavy (non-hydrogen) atoms. The van der Waals surface area contributed by atoms with E-state index in [1.165, 1.54) is 12.4 Å². The Morgan fingerprint density at radius 1 is 1.43 bits per heavy atom. The van der Waals surface area contributed by atoms with Crippen LogP contribution in [-0.4, -0.2) is 26.5 Å². The molecule has 0 fully saturated rings.